The van der Waals surface area contributed by atoms with Crippen molar-refractivity contribution >= 4 is 0 Å². The van der Waals surface area contributed by atoms with Gasteiger partial charge in [-0.1, -0.05) is 0 Å². The van der Waals surface area contributed by atoms with E-state index in [1.165, 1.54) is 0 Å². The Balaban J connectivity index is 3.18. The highest BCUT2D eigenvalue weighted by atomic mass is 16.5. The normalized spacial score (nSPS) is 13.3. The van der Waals surface area contributed by atoms with Gasteiger partial charge in [-0.05, 0) is 39.1 Å². The van der Waals surface area contributed by atoms with Crippen LogP contribution in [-0.4, -0.2) is 26.8 Å². The number of nitrogens with one attached hydrogen (secondary N) is 1. The zero-order valence-corrected chi connectivity index (χ0v) is 11.2. The van der Waals surface area contributed by atoms with Crippen molar-refractivity contribution in [1.82, 2.24) is 5.32 Å². The molecule has 0 bridgehead atoms. The van der Waals surface area contributed by atoms with Crippen LogP contribution in [0.5, 0.6) is 11.5 Å². The minimum atomic E-state index is -0.223. The Morgan fingerprint density at radius 1 is 1.24 bits per heavy atom. The van der Waals surface area contributed by atoms with E-state index in [-0.39, 0.29) is 11.6 Å². The molecule has 1 atom stereocenters. The molecule has 17 heavy (non-hydrogen) atoms. The van der Waals surface area contributed by atoms with Crippen LogP contribution in [0.2, 0.25) is 0 Å². The number of hydrogen-bond acceptors (Lipinski definition) is 4. The second-order valence-corrected chi connectivity index (χ2v) is 4.56. The molecule has 0 radical (unpaired) electrons. The summed E-state index contributed by atoms with van der Waals surface area (Å²) in [5, 5.41) is 3.21. The van der Waals surface area contributed by atoms with E-state index < -0.39 is 0 Å². The molecule has 0 fully saturated rings. The average Bonchev–Trinajstić information content (AvgIpc) is 2.36. The predicted molar refractivity (Wildman–Crippen MR) is 69.6 cm³/mol. The number of ether oxygens (including phenoxy) is 2. The molecule has 0 aliphatic carbocycles. The van der Waals surface area contributed by atoms with Gasteiger partial charge >= 0.3 is 0 Å². The molecule has 0 saturated heterocycles. The molecular weight excluding hydrogens is 216 g/mol. The largest absolute Gasteiger partial charge is 0.497 e. The molecule has 1 aromatic carbocycles. The van der Waals surface area contributed by atoms with Gasteiger partial charge in [0.2, 0.25) is 0 Å². The lowest BCUT2D eigenvalue weighted by molar-refractivity contribution is 0.331. The average molecular weight is 238 g/mol. The van der Waals surface area contributed by atoms with Crippen LogP contribution in [0.15, 0.2) is 18.2 Å². The first-order valence-electron chi connectivity index (χ1n) is 5.62. The standard InChI is InChI=1S/C13H22N2O2/c1-13(2,15-3)12(14)10-8-9(16-4)6-7-11(10)17-5/h6-8,12,15H,14H2,1-5H3. The number of hydrogen-bond donors (Lipinski definition) is 2. The lowest BCUT2D eigenvalue weighted by Gasteiger charge is -2.32. The molecule has 0 heterocycles. The molecule has 0 aliphatic heterocycles. The molecule has 1 aromatic rings. The second-order valence-electron chi connectivity index (χ2n) is 4.56. The van der Waals surface area contributed by atoms with E-state index in [1.54, 1.807) is 14.2 Å². The summed E-state index contributed by atoms with van der Waals surface area (Å²) in [4.78, 5) is 0. The second kappa shape index (κ2) is 5.38. The molecule has 3 N–H and O–H groups in total. The fraction of sp³-hybridized carbons (Fsp3) is 0.538. The zero-order valence-electron chi connectivity index (χ0n) is 11.2. The van der Waals surface area contributed by atoms with E-state index in [1.807, 2.05) is 25.2 Å². The quantitative estimate of drug-likeness (QED) is 0.820. The van der Waals surface area contributed by atoms with Gasteiger partial charge in [0.1, 0.15) is 11.5 Å². The topological polar surface area (TPSA) is 56.5 Å². The van der Waals surface area contributed by atoms with Gasteiger partial charge in [0, 0.05) is 11.1 Å². The summed E-state index contributed by atoms with van der Waals surface area (Å²) in [6.07, 6.45) is 0. The Morgan fingerprint density at radius 3 is 2.35 bits per heavy atom. The van der Waals surface area contributed by atoms with Crippen LogP contribution in [0, 0.1) is 0 Å². The maximum Gasteiger partial charge on any atom is 0.123 e. The predicted octanol–water partition coefficient (Wildman–Crippen LogP) is 1.70. The van der Waals surface area contributed by atoms with Crippen molar-refractivity contribution in [2.75, 3.05) is 21.3 Å². The van der Waals surface area contributed by atoms with Gasteiger partial charge in [-0.3, -0.25) is 0 Å². The lowest BCUT2D eigenvalue weighted by atomic mass is 9.89. The van der Waals surface area contributed by atoms with Crippen LogP contribution in [0.25, 0.3) is 0 Å². The maximum atomic E-state index is 6.29. The van der Waals surface area contributed by atoms with Gasteiger partial charge in [0.25, 0.3) is 0 Å². The van der Waals surface area contributed by atoms with Gasteiger partial charge in [-0.2, -0.15) is 0 Å². The summed E-state index contributed by atoms with van der Waals surface area (Å²) in [5.41, 5.74) is 7.00. The summed E-state index contributed by atoms with van der Waals surface area (Å²) in [7, 11) is 5.18. The first-order chi connectivity index (χ1) is 7.96. The van der Waals surface area contributed by atoms with E-state index in [0.717, 1.165) is 17.1 Å². The van der Waals surface area contributed by atoms with Crippen molar-refractivity contribution in [3.8, 4) is 11.5 Å². The fourth-order valence-electron chi connectivity index (χ4n) is 1.63. The van der Waals surface area contributed by atoms with E-state index in [2.05, 4.69) is 19.2 Å². The molecule has 0 saturated carbocycles. The molecular formula is C13H22N2O2. The van der Waals surface area contributed by atoms with Crippen LogP contribution in [0.3, 0.4) is 0 Å². The number of nitrogens with two attached hydrogens (primary N) is 1. The Labute approximate surface area is 103 Å². The van der Waals surface area contributed by atoms with Crippen LogP contribution < -0.4 is 20.5 Å². The van der Waals surface area contributed by atoms with Crippen molar-refractivity contribution in [3.05, 3.63) is 23.8 Å². The third-order valence-corrected chi connectivity index (χ3v) is 3.19. The van der Waals surface area contributed by atoms with Gasteiger partial charge in [0.05, 0.1) is 20.3 Å². The molecule has 1 unspecified atom stereocenters. The summed E-state index contributed by atoms with van der Waals surface area (Å²) in [5.74, 6) is 1.56. The number of benzene rings is 1. The highest BCUT2D eigenvalue weighted by Gasteiger charge is 2.28. The van der Waals surface area contributed by atoms with Crippen molar-refractivity contribution in [3.63, 3.8) is 0 Å². The van der Waals surface area contributed by atoms with Crippen molar-refractivity contribution < 1.29 is 9.47 Å². The van der Waals surface area contributed by atoms with Crippen LogP contribution >= 0.6 is 0 Å². The van der Waals surface area contributed by atoms with Crippen LogP contribution in [0.1, 0.15) is 25.5 Å². The highest BCUT2D eigenvalue weighted by Crippen LogP contribution is 2.33. The Morgan fingerprint density at radius 2 is 1.88 bits per heavy atom. The Bertz CT molecular complexity index is 378. The molecule has 0 aliphatic rings. The summed E-state index contributed by atoms with van der Waals surface area (Å²) in [6.45, 7) is 4.10. The van der Waals surface area contributed by atoms with Crippen molar-refractivity contribution in [1.29, 1.82) is 0 Å². The van der Waals surface area contributed by atoms with Gasteiger partial charge < -0.3 is 20.5 Å². The molecule has 0 spiro atoms. The minimum Gasteiger partial charge on any atom is -0.497 e. The maximum absolute atomic E-state index is 6.29. The monoisotopic (exact) mass is 238 g/mol. The summed E-state index contributed by atoms with van der Waals surface area (Å²) >= 11 is 0. The van der Waals surface area contributed by atoms with E-state index in [4.69, 9.17) is 15.2 Å². The van der Waals surface area contributed by atoms with E-state index >= 15 is 0 Å². The molecule has 0 amide bonds. The van der Waals surface area contributed by atoms with E-state index in [9.17, 15) is 0 Å². The SMILES string of the molecule is CNC(C)(C)C(N)c1cc(OC)ccc1OC. The lowest BCUT2D eigenvalue weighted by Crippen LogP contribution is -2.46. The number of rotatable bonds is 5. The molecule has 1 rings (SSSR count). The molecule has 4 nitrogen and oxygen atoms in total. The number of methoxy groups -OCH3 is 2. The van der Waals surface area contributed by atoms with Gasteiger partial charge in [-0.15, -0.1) is 0 Å². The molecule has 4 heteroatoms. The van der Waals surface area contributed by atoms with Crippen LogP contribution in [0.4, 0.5) is 0 Å². The van der Waals surface area contributed by atoms with E-state index in [0.29, 0.717) is 0 Å². The van der Waals surface area contributed by atoms with Gasteiger partial charge in [-0.25, -0.2) is 0 Å². The Hall–Kier alpha value is -1.26. The fourth-order valence-corrected chi connectivity index (χ4v) is 1.63. The smallest absolute Gasteiger partial charge is 0.123 e. The van der Waals surface area contributed by atoms with Crippen molar-refractivity contribution in [2.45, 2.75) is 25.4 Å². The Kier molecular flexibility index (Phi) is 4.37. The van der Waals surface area contributed by atoms with Crippen molar-refractivity contribution in [2.24, 2.45) is 5.73 Å². The van der Waals surface area contributed by atoms with Crippen LogP contribution in [-0.2, 0) is 0 Å². The zero-order chi connectivity index (χ0) is 13.1. The highest BCUT2D eigenvalue weighted by molar-refractivity contribution is 5.43. The number of likely N-dealkylation sites (N-methyl/N-ethyl adjacent to an activating group) is 1. The van der Waals surface area contributed by atoms with Gasteiger partial charge in [0.15, 0.2) is 0 Å². The molecule has 96 valence electrons. The third kappa shape index (κ3) is 2.90. The summed E-state index contributed by atoms with van der Waals surface area (Å²) < 4.78 is 10.6. The molecule has 0 aromatic heterocycles. The third-order valence-electron chi connectivity index (χ3n) is 3.19. The first-order valence-corrected chi connectivity index (χ1v) is 5.62. The minimum absolute atomic E-state index is 0.183. The summed E-state index contributed by atoms with van der Waals surface area (Å²) in [6, 6.07) is 5.47. The first kappa shape index (κ1) is 13.8.